The first-order valence-corrected chi connectivity index (χ1v) is 9.10. The van der Waals surface area contributed by atoms with Crippen molar-refractivity contribution in [3.8, 4) is 5.75 Å². The summed E-state index contributed by atoms with van der Waals surface area (Å²) in [6.07, 6.45) is 0.821. The fourth-order valence-electron chi connectivity index (χ4n) is 2.02. The highest BCUT2D eigenvalue weighted by Gasteiger charge is 2.18. The summed E-state index contributed by atoms with van der Waals surface area (Å²) in [6.45, 7) is 4.17. The number of ketones is 1. The van der Waals surface area contributed by atoms with E-state index in [1.165, 1.54) is 5.38 Å². The van der Waals surface area contributed by atoms with Crippen LogP contribution >= 0.6 is 11.3 Å². The summed E-state index contributed by atoms with van der Waals surface area (Å²) < 4.78 is 10.4. The molecule has 0 saturated heterocycles. The third-order valence-electron chi connectivity index (χ3n) is 3.23. The number of amides is 1. The molecule has 8 heteroatoms. The van der Waals surface area contributed by atoms with Crippen molar-refractivity contribution in [1.82, 2.24) is 10.3 Å². The topological polar surface area (TPSA) is 94.6 Å². The molecule has 0 aliphatic carbocycles. The van der Waals surface area contributed by atoms with Gasteiger partial charge in [0.05, 0.1) is 25.3 Å². The van der Waals surface area contributed by atoms with Crippen molar-refractivity contribution in [2.24, 2.45) is 0 Å². The maximum atomic E-state index is 12.3. The Hall–Kier alpha value is -2.74. The van der Waals surface area contributed by atoms with E-state index in [2.05, 4.69) is 10.3 Å². The SMILES string of the molecule is CCCOc1ccccc1C(=O)NCC(=O)c1nc(C(=O)OCC)cs1. The van der Waals surface area contributed by atoms with Crippen molar-refractivity contribution < 1.29 is 23.9 Å². The Balaban J connectivity index is 1.97. The van der Waals surface area contributed by atoms with Crippen molar-refractivity contribution in [3.63, 3.8) is 0 Å². The Labute approximate surface area is 155 Å². The van der Waals surface area contributed by atoms with Crippen LogP contribution in [-0.2, 0) is 4.74 Å². The highest BCUT2D eigenvalue weighted by Crippen LogP contribution is 2.18. The molecule has 0 aliphatic rings. The van der Waals surface area contributed by atoms with E-state index in [9.17, 15) is 14.4 Å². The lowest BCUT2D eigenvalue weighted by molar-refractivity contribution is 0.0520. The predicted molar refractivity (Wildman–Crippen MR) is 97.0 cm³/mol. The van der Waals surface area contributed by atoms with Crippen LogP contribution in [0, 0.1) is 0 Å². The molecular formula is C18H20N2O5S. The molecule has 7 nitrogen and oxygen atoms in total. The number of ether oxygens (including phenoxy) is 2. The third kappa shape index (κ3) is 5.13. The van der Waals surface area contributed by atoms with Gasteiger partial charge < -0.3 is 14.8 Å². The van der Waals surface area contributed by atoms with Gasteiger partial charge in [0.2, 0.25) is 5.78 Å². The average molecular weight is 376 g/mol. The van der Waals surface area contributed by atoms with Crippen molar-refractivity contribution >= 4 is 29.0 Å². The molecule has 138 valence electrons. The molecule has 2 rings (SSSR count). The van der Waals surface area contributed by atoms with E-state index >= 15 is 0 Å². The number of aromatic nitrogens is 1. The van der Waals surface area contributed by atoms with Gasteiger partial charge in [-0.3, -0.25) is 9.59 Å². The number of Topliss-reactive ketones (excluding diaryl/α,β-unsaturated/α-hetero) is 1. The molecule has 2 aromatic rings. The third-order valence-corrected chi connectivity index (χ3v) is 4.11. The van der Waals surface area contributed by atoms with Crippen molar-refractivity contribution in [2.75, 3.05) is 19.8 Å². The summed E-state index contributed by atoms with van der Waals surface area (Å²) in [5.41, 5.74) is 0.449. The van der Waals surface area contributed by atoms with Gasteiger partial charge in [-0.05, 0) is 25.5 Å². The number of hydrogen-bond acceptors (Lipinski definition) is 7. The van der Waals surface area contributed by atoms with Crippen LogP contribution in [0.5, 0.6) is 5.75 Å². The number of para-hydroxylation sites is 1. The molecule has 26 heavy (non-hydrogen) atoms. The van der Waals surface area contributed by atoms with Crippen LogP contribution in [0.3, 0.4) is 0 Å². The highest BCUT2D eigenvalue weighted by atomic mass is 32.1. The fraction of sp³-hybridized carbons (Fsp3) is 0.333. The van der Waals surface area contributed by atoms with Crippen LogP contribution in [0.15, 0.2) is 29.6 Å². The van der Waals surface area contributed by atoms with E-state index in [0.717, 1.165) is 17.8 Å². The molecule has 1 amide bonds. The number of rotatable bonds is 9. The van der Waals surface area contributed by atoms with Gasteiger partial charge in [-0.2, -0.15) is 0 Å². The number of carbonyl (C=O) groups excluding carboxylic acids is 3. The molecular weight excluding hydrogens is 356 g/mol. The number of benzene rings is 1. The number of carbonyl (C=O) groups is 3. The number of hydrogen-bond donors (Lipinski definition) is 1. The van der Waals surface area contributed by atoms with Crippen LogP contribution in [0.2, 0.25) is 0 Å². The van der Waals surface area contributed by atoms with Crippen LogP contribution < -0.4 is 10.1 Å². The Morgan fingerprint density at radius 3 is 2.69 bits per heavy atom. The minimum absolute atomic E-state index is 0.0878. The number of esters is 1. The Bertz CT molecular complexity index is 787. The zero-order valence-corrected chi connectivity index (χ0v) is 15.4. The summed E-state index contributed by atoms with van der Waals surface area (Å²) in [4.78, 5) is 40.0. The maximum absolute atomic E-state index is 12.3. The lowest BCUT2D eigenvalue weighted by atomic mass is 10.2. The second-order valence-electron chi connectivity index (χ2n) is 5.21. The van der Waals surface area contributed by atoms with Gasteiger partial charge in [-0.15, -0.1) is 11.3 Å². The molecule has 0 fully saturated rings. The second-order valence-corrected chi connectivity index (χ2v) is 6.07. The van der Waals surface area contributed by atoms with Crippen LogP contribution in [-0.4, -0.2) is 42.4 Å². The van der Waals surface area contributed by atoms with Gasteiger partial charge >= 0.3 is 5.97 Å². The van der Waals surface area contributed by atoms with E-state index in [1.807, 2.05) is 6.92 Å². The van der Waals surface area contributed by atoms with Crippen LogP contribution in [0.4, 0.5) is 0 Å². The molecule has 1 aromatic heterocycles. The minimum Gasteiger partial charge on any atom is -0.493 e. The van der Waals surface area contributed by atoms with Gasteiger partial charge in [0.25, 0.3) is 5.91 Å². The molecule has 1 N–H and O–H groups in total. The van der Waals surface area contributed by atoms with Gasteiger partial charge in [-0.25, -0.2) is 9.78 Å². The van der Waals surface area contributed by atoms with Gasteiger partial charge in [0.1, 0.15) is 5.75 Å². The first-order chi connectivity index (χ1) is 12.6. The second kappa shape index (κ2) is 9.67. The lowest BCUT2D eigenvalue weighted by Crippen LogP contribution is -2.30. The summed E-state index contributed by atoms with van der Waals surface area (Å²) in [7, 11) is 0. The van der Waals surface area contributed by atoms with Crippen LogP contribution in [0.1, 0.15) is 50.9 Å². The zero-order chi connectivity index (χ0) is 18.9. The zero-order valence-electron chi connectivity index (χ0n) is 14.6. The lowest BCUT2D eigenvalue weighted by Gasteiger charge is -2.10. The molecule has 0 saturated carbocycles. The average Bonchev–Trinajstić information content (AvgIpc) is 3.15. The van der Waals surface area contributed by atoms with Crippen LogP contribution in [0.25, 0.3) is 0 Å². The van der Waals surface area contributed by atoms with Crippen molar-refractivity contribution in [3.05, 3.63) is 45.9 Å². The van der Waals surface area contributed by atoms with E-state index < -0.39 is 11.9 Å². The molecule has 0 radical (unpaired) electrons. The fourth-order valence-corrected chi connectivity index (χ4v) is 2.75. The van der Waals surface area contributed by atoms with E-state index in [-0.39, 0.29) is 29.6 Å². The molecule has 0 bridgehead atoms. The van der Waals surface area contributed by atoms with Crippen molar-refractivity contribution in [2.45, 2.75) is 20.3 Å². The van der Waals surface area contributed by atoms with Gasteiger partial charge in [0.15, 0.2) is 10.7 Å². The normalized spacial score (nSPS) is 10.2. The largest absolute Gasteiger partial charge is 0.493 e. The summed E-state index contributed by atoms with van der Waals surface area (Å²) in [5.74, 6) is -0.898. The molecule has 1 heterocycles. The summed E-state index contributed by atoms with van der Waals surface area (Å²) in [5, 5.41) is 4.16. The summed E-state index contributed by atoms with van der Waals surface area (Å²) >= 11 is 1.04. The molecule has 0 spiro atoms. The Morgan fingerprint density at radius 2 is 1.96 bits per heavy atom. The first kappa shape index (κ1) is 19.6. The minimum atomic E-state index is -0.575. The summed E-state index contributed by atoms with van der Waals surface area (Å²) in [6, 6.07) is 6.84. The first-order valence-electron chi connectivity index (χ1n) is 8.22. The smallest absolute Gasteiger partial charge is 0.357 e. The van der Waals surface area contributed by atoms with Crippen molar-refractivity contribution in [1.29, 1.82) is 0 Å². The number of thiazole rings is 1. The maximum Gasteiger partial charge on any atom is 0.357 e. The number of nitrogens with one attached hydrogen (secondary N) is 1. The Morgan fingerprint density at radius 1 is 1.19 bits per heavy atom. The van der Waals surface area contributed by atoms with E-state index in [1.54, 1.807) is 31.2 Å². The monoisotopic (exact) mass is 376 g/mol. The molecule has 0 unspecified atom stereocenters. The molecule has 1 aromatic carbocycles. The number of nitrogens with zero attached hydrogens (tertiary/aromatic N) is 1. The quantitative estimate of drug-likeness (QED) is 0.534. The van der Waals surface area contributed by atoms with E-state index in [0.29, 0.717) is 17.9 Å². The van der Waals surface area contributed by atoms with Gasteiger partial charge in [-0.1, -0.05) is 19.1 Å². The Kier molecular flexibility index (Phi) is 7.28. The predicted octanol–water partition coefficient (Wildman–Crippen LogP) is 2.72. The molecule has 0 atom stereocenters. The molecule has 0 aliphatic heterocycles. The van der Waals surface area contributed by atoms with E-state index in [4.69, 9.17) is 9.47 Å². The van der Waals surface area contributed by atoms with Gasteiger partial charge in [0, 0.05) is 5.38 Å². The standard InChI is InChI=1S/C18H20N2O5S/c1-3-9-25-15-8-6-5-7-12(15)16(22)19-10-14(21)17-20-13(11-26-17)18(23)24-4-2/h5-8,11H,3-4,9-10H2,1-2H3,(H,19,22). The highest BCUT2D eigenvalue weighted by molar-refractivity contribution is 7.12.